The predicted molar refractivity (Wildman–Crippen MR) is 133 cm³/mol. The Morgan fingerprint density at radius 2 is 2.00 bits per heavy atom. The Balaban J connectivity index is 1.24. The van der Waals surface area contributed by atoms with Gasteiger partial charge in [0.1, 0.15) is 24.8 Å². The number of aromatic nitrogens is 3. The van der Waals surface area contributed by atoms with Crippen LogP contribution in [0.1, 0.15) is 31.2 Å². The van der Waals surface area contributed by atoms with E-state index in [1.807, 2.05) is 41.9 Å². The molecule has 1 aliphatic rings. The lowest BCUT2D eigenvalue weighted by atomic mass is 10.1. The van der Waals surface area contributed by atoms with E-state index in [0.717, 1.165) is 60.3 Å². The minimum atomic E-state index is -0.547. The third-order valence-electron chi connectivity index (χ3n) is 6.29. The van der Waals surface area contributed by atoms with Crippen LogP contribution < -0.4 is 4.74 Å². The zero-order valence-corrected chi connectivity index (χ0v) is 20.6. The number of nitrogens with zero attached hydrogens (tertiary/aromatic N) is 4. The van der Waals surface area contributed by atoms with Crippen LogP contribution in [0.25, 0.3) is 11.4 Å². The summed E-state index contributed by atoms with van der Waals surface area (Å²) in [6.07, 6.45) is 2.07. The summed E-state index contributed by atoms with van der Waals surface area (Å²) in [7, 11) is 2.01. The standard InChI is InChI=1S/C26H32F2N4OS/c1-3-32(18-20-16-22(20)23-17-21(28)10-11-24(23)33-14-12-27)13-7-15-34-26-30-29-25(31(26)2)19-8-5-4-6-9-19/h4-6,8-11,17,20,22H,3,7,12-16,18H2,1-2H3. The van der Waals surface area contributed by atoms with E-state index >= 15 is 0 Å². The van der Waals surface area contributed by atoms with Gasteiger partial charge in [-0.1, -0.05) is 49.0 Å². The van der Waals surface area contributed by atoms with Crippen molar-refractivity contribution in [3.8, 4) is 17.1 Å². The van der Waals surface area contributed by atoms with Gasteiger partial charge in [-0.05, 0) is 56.0 Å². The Bertz CT molecular complexity index is 1060. The smallest absolute Gasteiger partial charge is 0.191 e. The average molecular weight is 487 g/mol. The number of rotatable bonds is 13. The van der Waals surface area contributed by atoms with Crippen LogP contribution in [0.4, 0.5) is 8.78 Å². The summed E-state index contributed by atoms with van der Waals surface area (Å²) in [6.45, 7) is 4.60. The molecule has 2 atom stereocenters. The van der Waals surface area contributed by atoms with Crippen molar-refractivity contribution in [1.82, 2.24) is 19.7 Å². The number of ether oxygens (including phenoxy) is 1. The Morgan fingerprint density at radius 1 is 1.18 bits per heavy atom. The minimum Gasteiger partial charge on any atom is -0.491 e. The molecule has 1 heterocycles. The molecular weight excluding hydrogens is 454 g/mol. The summed E-state index contributed by atoms with van der Waals surface area (Å²) in [6, 6.07) is 14.7. The van der Waals surface area contributed by atoms with Crippen molar-refractivity contribution in [1.29, 1.82) is 0 Å². The predicted octanol–water partition coefficient (Wildman–Crippen LogP) is 5.58. The van der Waals surface area contributed by atoms with Crippen molar-refractivity contribution < 1.29 is 13.5 Å². The highest BCUT2D eigenvalue weighted by atomic mass is 32.2. The molecule has 4 rings (SSSR count). The van der Waals surface area contributed by atoms with Crippen molar-refractivity contribution in [2.24, 2.45) is 13.0 Å². The maximum Gasteiger partial charge on any atom is 0.191 e. The summed E-state index contributed by atoms with van der Waals surface area (Å²) in [5.74, 6) is 2.96. The average Bonchev–Trinajstić information content (AvgIpc) is 3.53. The van der Waals surface area contributed by atoms with Crippen LogP contribution in [0.5, 0.6) is 5.75 Å². The number of alkyl halides is 1. The van der Waals surface area contributed by atoms with Crippen LogP contribution in [0.15, 0.2) is 53.7 Å². The molecule has 1 aromatic heterocycles. The number of hydrogen-bond acceptors (Lipinski definition) is 5. The van der Waals surface area contributed by atoms with E-state index in [0.29, 0.717) is 11.7 Å². The Hall–Kier alpha value is -2.45. The zero-order chi connectivity index (χ0) is 23.9. The summed E-state index contributed by atoms with van der Waals surface area (Å²) in [5.41, 5.74) is 1.94. The summed E-state index contributed by atoms with van der Waals surface area (Å²) >= 11 is 1.73. The minimum absolute atomic E-state index is 0.00708. The van der Waals surface area contributed by atoms with Gasteiger partial charge in [0, 0.05) is 30.5 Å². The van der Waals surface area contributed by atoms with Crippen LogP contribution >= 0.6 is 11.8 Å². The molecule has 182 valence electrons. The normalized spacial score (nSPS) is 17.3. The van der Waals surface area contributed by atoms with E-state index in [1.54, 1.807) is 23.9 Å². The molecule has 0 spiro atoms. The lowest BCUT2D eigenvalue weighted by molar-refractivity contribution is 0.267. The van der Waals surface area contributed by atoms with Crippen molar-refractivity contribution >= 4 is 11.8 Å². The van der Waals surface area contributed by atoms with E-state index in [-0.39, 0.29) is 18.3 Å². The second kappa shape index (κ2) is 11.8. The molecule has 0 aliphatic heterocycles. The van der Waals surface area contributed by atoms with Crippen LogP contribution in [-0.2, 0) is 7.05 Å². The van der Waals surface area contributed by atoms with Gasteiger partial charge in [0.15, 0.2) is 11.0 Å². The van der Waals surface area contributed by atoms with E-state index in [2.05, 4.69) is 22.0 Å². The number of hydrogen-bond donors (Lipinski definition) is 0. The summed E-state index contributed by atoms with van der Waals surface area (Å²) < 4.78 is 33.9. The first-order valence-electron chi connectivity index (χ1n) is 11.9. The molecule has 1 aliphatic carbocycles. The Morgan fingerprint density at radius 3 is 2.76 bits per heavy atom. The lowest BCUT2D eigenvalue weighted by Gasteiger charge is -2.20. The van der Waals surface area contributed by atoms with Gasteiger partial charge in [0.25, 0.3) is 0 Å². The third kappa shape index (κ3) is 6.16. The fourth-order valence-electron chi connectivity index (χ4n) is 4.36. The highest BCUT2D eigenvalue weighted by Crippen LogP contribution is 2.50. The number of thioether (sulfide) groups is 1. The van der Waals surface area contributed by atoms with Gasteiger partial charge in [-0.15, -0.1) is 10.2 Å². The van der Waals surface area contributed by atoms with Crippen molar-refractivity contribution in [3.63, 3.8) is 0 Å². The van der Waals surface area contributed by atoms with Gasteiger partial charge in [-0.25, -0.2) is 8.78 Å². The second-order valence-electron chi connectivity index (χ2n) is 8.65. The fourth-order valence-corrected chi connectivity index (χ4v) is 5.19. The van der Waals surface area contributed by atoms with E-state index < -0.39 is 6.67 Å². The molecule has 8 heteroatoms. The highest BCUT2D eigenvalue weighted by molar-refractivity contribution is 7.99. The lowest BCUT2D eigenvalue weighted by Crippen LogP contribution is -2.27. The van der Waals surface area contributed by atoms with Gasteiger partial charge in [-0.2, -0.15) is 0 Å². The van der Waals surface area contributed by atoms with Crippen LogP contribution in [0.3, 0.4) is 0 Å². The monoisotopic (exact) mass is 486 g/mol. The molecular formula is C26H32F2N4OS. The van der Waals surface area contributed by atoms with Crippen molar-refractivity contribution in [2.45, 2.75) is 30.8 Å². The molecule has 1 saturated carbocycles. The number of halogens is 2. The van der Waals surface area contributed by atoms with E-state index in [4.69, 9.17) is 4.74 Å². The maximum atomic E-state index is 13.8. The quantitative estimate of drug-likeness (QED) is 0.233. The first kappa shape index (κ1) is 24.7. The molecule has 0 N–H and O–H groups in total. The van der Waals surface area contributed by atoms with E-state index in [1.165, 1.54) is 6.07 Å². The van der Waals surface area contributed by atoms with Crippen molar-refractivity contribution in [2.75, 3.05) is 38.7 Å². The summed E-state index contributed by atoms with van der Waals surface area (Å²) in [4.78, 5) is 2.46. The first-order chi connectivity index (χ1) is 16.6. The molecule has 0 saturated heterocycles. The van der Waals surface area contributed by atoms with Gasteiger partial charge < -0.3 is 14.2 Å². The molecule has 2 aromatic carbocycles. The number of benzene rings is 2. The molecule has 0 amide bonds. The molecule has 0 bridgehead atoms. The molecule has 0 radical (unpaired) electrons. The van der Waals surface area contributed by atoms with Crippen LogP contribution in [-0.4, -0.2) is 58.3 Å². The van der Waals surface area contributed by atoms with Gasteiger partial charge in [0.2, 0.25) is 0 Å². The fraction of sp³-hybridized carbons (Fsp3) is 0.462. The van der Waals surface area contributed by atoms with Crippen LogP contribution in [0, 0.1) is 11.7 Å². The molecule has 34 heavy (non-hydrogen) atoms. The molecule has 5 nitrogen and oxygen atoms in total. The van der Waals surface area contributed by atoms with Crippen molar-refractivity contribution in [3.05, 3.63) is 59.9 Å². The third-order valence-corrected chi connectivity index (χ3v) is 7.39. The second-order valence-corrected chi connectivity index (χ2v) is 9.71. The molecule has 2 unspecified atom stereocenters. The van der Waals surface area contributed by atoms with E-state index in [9.17, 15) is 8.78 Å². The van der Waals surface area contributed by atoms with Gasteiger partial charge in [-0.3, -0.25) is 0 Å². The zero-order valence-electron chi connectivity index (χ0n) is 19.8. The largest absolute Gasteiger partial charge is 0.491 e. The van der Waals surface area contributed by atoms with Gasteiger partial charge >= 0.3 is 0 Å². The molecule has 1 fully saturated rings. The molecule has 3 aromatic rings. The Labute approximate surface area is 204 Å². The topological polar surface area (TPSA) is 43.2 Å². The highest BCUT2D eigenvalue weighted by Gasteiger charge is 2.40. The maximum absolute atomic E-state index is 13.8. The Kier molecular flexibility index (Phi) is 8.56. The van der Waals surface area contributed by atoms with Gasteiger partial charge in [0.05, 0.1) is 0 Å². The summed E-state index contributed by atoms with van der Waals surface area (Å²) in [5, 5.41) is 9.65. The van der Waals surface area contributed by atoms with Crippen LogP contribution in [0.2, 0.25) is 0 Å². The first-order valence-corrected chi connectivity index (χ1v) is 12.9. The SMILES string of the molecule is CCN(CCCSc1nnc(-c2ccccc2)n1C)CC1CC1c1cc(F)ccc1OCCF.